The predicted molar refractivity (Wildman–Crippen MR) is 56.0 cm³/mol. The van der Waals surface area contributed by atoms with Gasteiger partial charge < -0.3 is 0 Å². The fourth-order valence-corrected chi connectivity index (χ4v) is 1.20. The minimum Gasteiger partial charge on any atom is -0.228 e. The lowest BCUT2D eigenvalue weighted by Gasteiger charge is -2.12. The van der Waals surface area contributed by atoms with Crippen LogP contribution in [0.4, 0.5) is 5.69 Å². The second-order valence-electron chi connectivity index (χ2n) is 2.58. The Kier molecular flexibility index (Phi) is 3.01. The topological polar surface area (TPSA) is 3.24 Å². The monoisotopic (exact) mass is 169 g/mol. The van der Waals surface area contributed by atoms with Gasteiger partial charge in [-0.25, -0.2) is 4.90 Å². The number of benzene rings is 1. The Bertz CT molecular complexity index is 351. The van der Waals surface area contributed by atoms with E-state index in [1.165, 1.54) is 10.5 Å². The SMILES string of the molecule is C#CN(C#C)c1ccccc1CC. The van der Waals surface area contributed by atoms with Crippen LogP contribution >= 0.6 is 0 Å². The fraction of sp³-hybridized carbons (Fsp3) is 0.167. The van der Waals surface area contributed by atoms with Crippen LogP contribution in [0.2, 0.25) is 0 Å². The van der Waals surface area contributed by atoms with Gasteiger partial charge in [0, 0.05) is 12.1 Å². The van der Waals surface area contributed by atoms with Crippen molar-refractivity contribution >= 4 is 5.69 Å². The molecular formula is C12H11N. The maximum absolute atomic E-state index is 5.27. The minimum atomic E-state index is 0.926. The first-order valence-corrected chi connectivity index (χ1v) is 4.14. The average Bonchev–Trinajstić information content (AvgIpc) is 2.20. The predicted octanol–water partition coefficient (Wildman–Crippen LogP) is 2.24. The van der Waals surface area contributed by atoms with E-state index in [1.807, 2.05) is 24.3 Å². The number of rotatable bonds is 2. The first-order chi connectivity index (χ1) is 6.33. The van der Waals surface area contributed by atoms with Gasteiger partial charge in [0.2, 0.25) is 0 Å². The molecule has 0 fully saturated rings. The number of hydrogen-bond donors (Lipinski definition) is 0. The number of aryl methyl sites for hydroxylation is 1. The molecule has 1 nitrogen and oxygen atoms in total. The zero-order valence-electron chi connectivity index (χ0n) is 7.62. The van der Waals surface area contributed by atoms with Crippen LogP contribution in [-0.4, -0.2) is 0 Å². The van der Waals surface area contributed by atoms with Gasteiger partial charge in [0.15, 0.2) is 0 Å². The molecule has 0 unspecified atom stereocenters. The van der Waals surface area contributed by atoms with E-state index >= 15 is 0 Å². The van der Waals surface area contributed by atoms with E-state index in [4.69, 9.17) is 12.8 Å². The van der Waals surface area contributed by atoms with E-state index in [0.29, 0.717) is 0 Å². The molecule has 0 saturated carbocycles. The first-order valence-electron chi connectivity index (χ1n) is 4.14. The Morgan fingerprint density at radius 2 is 1.85 bits per heavy atom. The third-order valence-electron chi connectivity index (χ3n) is 1.87. The van der Waals surface area contributed by atoms with E-state index in [2.05, 4.69) is 19.0 Å². The smallest absolute Gasteiger partial charge is 0.0668 e. The quantitative estimate of drug-likeness (QED) is 0.484. The van der Waals surface area contributed by atoms with Crippen LogP contribution in [-0.2, 0) is 6.42 Å². The summed E-state index contributed by atoms with van der Waals surface area (Å²) in [6, 6.07) is 12.7. The van der Waals surface area contributed by atoms with Crippen LogP contribution in [0.25, 0.3) is 0 Å². The molecule has 0 aromatic heterocycles. The maximum Gasteiger partial charge on any atom is 0.0668 e. The molecule has 1 rings (SSSR count). The van der Waals surface area contributed by atoms with Crippen molar-refractivity contribution < 1.29 is 0 Å². The second-order valence-corrected chi connectivity index (χ2v) is 2.58. The molecule has 0 aliphatic carbocycles. The number of nitrogens with zero attached hydrogens (tertiary/aromatic N) is 1. The minimum absolute atomic E-state index is 0.926. The summed E-state index contributed by atoms with van der Waals surface area (Å²) in [5, 5.41) is 0. The molecule has 0 aliphatic rings. The van der Waals surface area contributed by atoms with Crippen molar-refractivity contribution in [2.75, 3.05) is 4.90 Å². The van der Waals surface area contributed by atoms with Gasteiger partial charge in [-0.3, -0.25) is 0 Å². The highest BCUT2D eigenvalue weighted by Gasteiger charge is 2.03. The molecule has 0 N–H and O–H groups in total. The molecule has 13 heavy (non-hydrogen) atoms. The summed E-state index contributed by atoms with van der Waals surface area (Å²) >= 11 is 0. The number of para-hydroxylation sites is 1. The van der Waals surface area contributed by atoms with Gasteiger partial charge in [0.05, 0.1) is 5.69 Å². The average molecular weight is 169 g/mol. The molecule has 0 radical (unpaired) electrons. The van der Waals surface area contributed by atoms with Crippen molar-refractivity contribution in [1.82, 2.24) is 0 Å². The van der Waals surface area contributed by atoms with Crippen LogP contribution in [0.5, 0.6) is 0 Å². The lowest BCUT2D eigenvalue weighted by Crippen LogP contribution is -2.09. The van der Waals surface area contributed by atoms with Gasteiger partial charge in [0.1, 0.15) is 0 Å². The van der Waals surface area contributed by atoms with Crippen molar-refractivity contribution in [1.29, 1.82) is 0 Å². The molecule has 1 aromatic carbocycles. The Morgan fingerprint density at radius 3 is 2.38 bits per heavy atom. The number of terminal acetylenes is 2. The summed E-state index contributed by atoms with van der Waals surface area (Å²) < 4.78 is 0. The largest absolute Gasteiger partial charge is 0.228 e. The highest BCUT2D eigenvalue weighted by molar-refractivity contribution is 5.61. The summed E-state index contributed by atoms with van der Waals surface area (Å²) in [5.74, 6) is 0. The van der Waals surface area contributed by atoms with Gasteiger partial charge >= 0.3 is 0 Å². The first kappa shape index (κ1) is 9.23. The summed E-state index contributed by atoms with van der Waals surface area (Å²) in [5.41, 5.74) is 2.09. The molecule has 0 atom stereocenters. The molecular weight excluding hydrogens is 158 g/mol. The normalized spacial score (nSPS) is 8.54. The lowest BCUT2D eigenvalue weighted by atomic mass is 10.1. The standard InChI is InChI=1S/C12H11N/c1-4-11-9-7-8-10-12(11)13(5-2)6-3/h2-3,7-10H,4H2,1H3. The van der Waals surface area contributed by atoms with Crippen LogP contribution < -0.4 is 4.90 Å². The molecule has 1 heteroatoms. The highest BCUT2D eigenvalue weighted by Crippen LogP contribution is 2.19. The lowest BCUT2D eigenvalue weighted by molar-refractivity contribution is 1.12. The highest BCUT2D eigenvalue weighted by atomic mass is 15.1. The van der Waals surface area contributed by atoms with Crippen molar-refractivity contribution in [3.8, 4) is 24.9 Å². The van der Waals surface area contributed by atoms with E-state index in [0.717, 1.165) is 12.1 Å². The third-order valence-corrected chi connectivity index (χ3v) is 1.87. The van der Waals surface area contributed by atoms with Crippen molar-refractivity contribution in [3.63, 3.8) is 0 Å². The van der Waals surface area contributed by atoms with Crippen LogP contribution in [0.15, 0.2) is 24.3 Å². The summed E-state index contributed by atoms with van der Waals surface area (Å²) in [6.45, 7) is 2.07. The third kappa shape index (κ3) is 1.83. The molecule has 0 heterocycles. The number of anilines is 1. The van der Waals surface area contributed by atoms with Crippen molar-refractivity contribution in [2.45, 2.75) is 13.3 Å². The van der Waals surface area contributed by atoms with E-state index in [9.17, 15) is 0 Å². The zero-order valence-corrected chi connectivity index (χ0v) is 7.62. The molecule has 0 amide bonds. The van der Waals surface area contributed by atoms with Gasteiger partial charge in [-0.1, -0.05) is 38.0 Å². The van der Waals surface area contributed by atoms with E-state index in [1.54, 1.807) is 0 Å². The van der Waals surface area contributed by atoms with Crippen LogP contribution in [0.1, 0.15) is 12.5 Å². The van der Waals surface area contributed by atoms with Gasteiger partial charge in [-0.05, 0) is 18.1 Å². The fourth-order valence-electron chi connectivity index (χ4n) is 1.20. The molecule has 0 aliphatic heterocycles. The Hall–Kier alpha value is -1.86. The molecule has 64 valence electrons. The Labute approximate surface area is 79.4 Å². The second kappa shape index (κ2) is 4.24. The summed E-state index contributed by atoms with van der Waals surface area (Å²) in [4.78, 5) is 1.46. The molecule has 0 spiro atoms. The van der Waals surface area contributed by atoms with E-state index in [-0.39, 0.29) is 0 Å². The van der Waals surface area contributed by atoms with Crippen molar-refractivity contribution in [3.05, 3.63) is 29.8 Å². The Morgan fingerprint density at radius 1 is 1.23 bits per heavy atom. The van der Waals surface area contributed by atoms with E-state index < -0.39 is 0 Å². The maximum atomic E-state index is 5.27. The molecule has 0 saturated heterocycles. The van der Waals surface area contributed by atoms with Crippen LogP contribution in [0, 0.1) is 24.9 Å². The van der Waals surface area contributed by atoms with Crippen LogP contribution in [0.3, 0.4) is 0 Å². The Balaban J connectivity index is 3.15. The van der Waals surface area contributed by atoms with Gasteiger partial charge in [0.25, 0.3) is 0 Å². The van der Waals surface area contributed by atoms with Gasteiger partial charge in [-0.2, -0.15) is 0 Å². The van der Waals surface area contributed by atoms with Crippen molar-refractivity contribution in [2.24, 2.45) is 0 Å². The summed E-state index contributed by atoms with van der Waals surface area (Å²) in [6.07, 6.45) is 11.5. The zero-order chi connectivity index (χ0) is 9.68. The summed E-state index contributed by atoms with van der Waals surface area (Å²) in [7, 11) is 0. The molecule has 1 aromatic rings. The molecule has 0 bridgehead atoms. The van der Waals surface area contributed by atoms with Gasteiger partial charge in [-0.15, -0.1) is 0 Å². The number of hydrogen-bond acceptors (Lipinski definition) is 1.